The number of rotatable bonds is 6. The largest absolute Gasteiger partial charge is 0.467 e. The second-order valence-corrected chi connectivity index (χ2v) is 7.93. The SMILES string of the molecule is COC(=O)C1(N2C(=O)O[C@@H](Cc3ccccc3)[C@H]2/C=C/C2CC2)CCCC1. The molecule has 1 aromatic rings. The minimum absolute atomic E-state index is 0.240. The molecule has 27 heavy (non-hydrogen) atoms. The van der Waals surface area contributed by atoms with Gasteiger partial charge in [-0.25, -0.2) is 9.59 Å². The number of benzene rings is 1. The van der Waals surface area contributed by atoms with E-state index in [0.29, 0.717) is 25.2 Å². The third kappa shape index (κ3) is 3.47. The fourth-order valence-electron chi connectivity index (χ4n) is 4.48. The molecule has 4 rings (SSSR count). The molecule has 1 aliphatic heterocycles. The summed E-state index contributed by atoms with van der Waals surface area (Å²) in [6.07, 6.45) is 9.75. The summed E-state index contributed by atoms with van der Waals surface area (Å²) in [5, 5.41) is 0. The minimum Gasteiger partial charge on any atom is -0.467 e. The summed E-state index contributed by atoms with van der Waals surface area (Å²) < 4.78 is 10.9. The smallest absolute Gasteiger partial charge is 0.411 e. The van der Waals surface area contributed by atoms with Crippen molar-refractivity contribution in [1.29, 1.82) is 0 Å². The van der Waals surface area contributed by atoms with Gasteiger partial charge in [0.05, 0.1) is 13.2 Å². The van der Waals surface area contributed by atoms with Gasteiger partial charge in [-0.05, 0) is 37.2 Å². The molecule has 5 heteroatoms. The van der Waals surface area contributed by atoms with Crippen molar-refractivity contribution in [2.24, 2.45) is 5.92 Å². The number of carbonyl (C=O) groups is 2. The van der Waals surface area contributed by atoms with Crippen LogP contribution in [0.4, 0.5) is 4.79 Å². The van der Waals surface area contributed by atoms with Crippen LogP contribution in [-0.4, -0.2) is 41.8 Å². The van der Waals surface area contributed by atoms with Gasteiger partial charge in [0.15, 0.2) is 0 Å². The van der Waals surface area contributed by atoms with E-state index in [4.69, 9.17) is 9.47 Å². The van der Waals surface area contributed by atoms with Gasteiger partial charge in [0.25, 0.3) is 0 Å². The fourth-order valence-corrected chi connectivity index (χ4v) is 4.48. The van der Waals surface area contributed by atoms with Crippen molar-refractivity contribution in [2.75, 3.05) is 7.11 Å². The number of allylic oxidation sites excluding steroid dienone is 1. The van der Waals surface area contributed by atoms with Gasteiger partial charge in [0.2, 0.25) is 0 Å². The summed E-state index contributed by atoms with van der Waals surface area (Å²) in [7, 11) is 1.40. The number of nitrogens with zero attached hydrogens (tertiary/aromatic N) is 1. The molecule has 5 nitrogen and oxygen atoms in total. The summed E-state index contributed by atoms with van der Waals surface area (Å²) >= 11 is 0. The molecule has 3 aliphatic rings. The zero-order valence-electron chi connectivity index (χ0n) is 15.8. The van der Waals surface area contributed by atoms with Crippen LogP contribution in [0.3, 0.4) is 0 Å². The highest BCUT2D eigenvalue weighted by atomic mass is 16.6. The molecule has 0 radical (unpaired) electrons. The maximum Gasteiger partial charge on any atom is 0.411 e. The number of amides is 1. The summed E-state index contributed by atoms with van der Waals surface area (Å²) in [5.41, 5.74) is 0.232. The first-order valence-electron chi connectivity index (χ1n) is 9.95. The lowest BCUT2D eigenvalue weighted by atomic mass is 9.91. The highest BCUT2D eigenvalue weighted by Crippen LogP contribution is 2.42. The summed E-state index contributed by atoms with van der Waals surface area (Å²) in [6.45, 7) is 0. The second kappa shape index (κ2) is 7.37. The van der Waals surface area contributed by atoms with Gasteiger partial charge < -0.3 is 9.47 Å². The number of ether oxygens (including phenoxy) is 2. The maximum absolute atomic E-state index is 12.9. The zero-order chi connectivity index (χ0) is 18.9. The third-order valence-corrected chi connectivity index (χ3v) is 6.07. The van der Waals surface area contributed by atoms with E-state index in [1.807, 2.05) is 30.3 Å². The number of methoxy groups -OCH3 is 1. The van der Waals surface area contributed by atoms with Crippen molar-refractivity contribution in [3.8, 4) is 0 Å². The van der Waals surface area contributed by atoms with Gasteiger partial charge >= 0.3 is 12.1 Å². The molecule has 3 fully saturated rings. The van der Waals surface area contributed by atoms with E-state index in [2.05, 4.69) is 12.2 Å². The van der Waals surface area contributed by atoms with E-state index in [0.717, 1.165) is 18.4 Å². The number of cyclic esters (lactones) is 1. The Morgan fingerprint density at radius 2 is 1.93 bits per heavy atom. The van der Waals surface area contributed by atoms with Crippen molar-refractivity contribution in [3.05, 3.63) is 48.0 Å². The average molecular weight is 369 g/mol. The van der Waals surface area contributed by atoms with Gasteiger partial charge in [-0.2, -0.15) is 0 Å². The van der Waals surface area contributed by atoms with Crippen LogP contribution < -0.4 is 0 Å². The Hall–Kier alpha value is -2.30. The van der Waals surface area contributed by atoms with Gasteiger partial charge in [0.1, 0.15) is 11.6 Å². The average Bonchev–Trinajstić information content (AvgIpc) is 3.29. The molecule has 0 aromatic heterocycles. The molecule has 1 aromatic carbocycles. The predicted molar refractivity (Wildman–Crippen MR) is 101 cm³/mol. The fraction of sp³-hybridized carbons (Fsp3) is 0.545. The van der Waals surface area contributed by atoms with Crippen molar-refractivity contribution in [1.82, 2.24) is 4.90 Å². The maximum atomic E-state index is 12.9. The Kier molecular flexibility index (Phi) is 4.94. The molecule has 2 saturated carbocycles. The first-order valence-corrected chi connectivity index (χ1v) is 9.95. The Labute approximate surface area is 160 Å². The molecule has 0 spiro atoms. The highest BCUT2D eigenvalue weighted by molar-refractivity contribution is 5.87. The Bertz CT molecular complexity index is 719. The Balaban J connectivity index is 1.66. The lowest BCUT2D eigenvalue weighted by Gasteiger charge is -2.37. The lowest BCUT2D eigenvalue weighted by molar-refractivity contribution is -0.153. The van der Waals surface area contributed by atoms with E-state index in [-0.39, 0.29) is 18.1 Å². The molecule has 2 atom stereocenters. The molecule has 1 heterocycles. The first-order chi connectivity index (χ1) is 13.1. The van der Waals surface area contributed by atoms with Gasteiger partial charge in [-0.3, -0.25) is 4.90 Å². The number of hydrogen-bond donors (Lipinski definition) is 0. The molecule has 1 saturated heterocycles. The van der Waals surface area contributed by atoms with Crippen molar-refractivity contribution >= 4 is 12.1 Å². The van der Waals surface area contributed by atoms with Crippen LogP contribution in [0.1, 0.15) is 44.1 Å². The van der Waals surface area contributed by atoms with Gasteiger partial charge in [0, 0.05) is 6.42 Å². The number of hydrogen-bond acceptors (Lipinski definition) is 4. The van der Waals surface area contributed by atoms with Crippen LogP contribution in [0.15, 0.2) is 42.5 Å². The van der Waals surface area contributed by atoms with Crippen molar-refractivity contribution in [3.63, 3.8) is 0 Å². The van der Waals surface area contributed by atoms with E-state index < -0.39 is 11.6 Å². The van der Waals surface area contributed by atoms with Gasteiger partial charge in [-0.1, -0.05) is 55.3 Å². The van der Waals surface area contributed by atoms with E-state index in [1.54, 1.807) is 4.90 Å². The van der Waals surface area contributed by atoms with Crippen LogP contribution in [-0.2, 0) is 20.7 Å². The molecule has 0 unspecified atom stereocenters. The van der Waals surface area contributed by atoms with Gasteiger partial charge in [-0.15, -0.1) is 0 Å². The Morgan fingerprint density at radius 1 is 1.22 bits per heavy atom. The molecular weight excluding hydrogens is 342 g/mol. The van der Waals surface area contributed by atoms with Crippen LogP contribution in [0.2, 0.25) is 0 Å². The lowest BCUT2D eigenvalue weighted by Crippen LogP contribution is -2.57. The normalized spacial score (nSPS) is 27.1. The van der Waals surface area contributed by atoms with Crippen LogP contribution in [0.25, 0.3) is 0 Å². The topological polar surface area (TPSA) is 55.8 Å². The molecule has 144 valence electrons. The Morgan fingerprint density at radius 3 is 2.56 bits per heavy atom. The number of carbonyl (C=O) groups excluding carboxylic acids is 2. The quantitative estimate of drug-likeness (QED) is 0.564. The minimum atomic E-state index is -0.893. The number of esters is 1. The van der Waals surface area contributed by atoms with Crippen molar-refractivity contribution < 1.29 is 19.1 Å². The molecule has 0 bridgehead atoms. The second-order valence-electron chi connectivity index (χ2n) is 7.93. The van der Waals surface area contributed by atoms with Crippen LogP contribution in [0, 0.1) is 5.92 Å². The third-order valence-electron chi connectivity index (χ3n) is 6.07. The van der Waals surface area contributed by atoms with E-state index >= 15 is 0 Å². The monoisotopic (exact) mass is 369 g/mol. The molecular formula is C22H27NO4. The summed E-state index contributed by atoms with van der Waals surface area (Å²) in [4.78, 5) is 27.3. The van der Waals surface area contributed by atoms with E-state index in [9.17, 15) is 9.59 Å². The molecule has 1 amide bonds. The molecule has 0 N–H and O–H groups in total. The first kappa shape index (κ1) is 18.1. The van der Waals surface area contributed by atoms with Crippen LogP contribution >= 0.6 is 0 Å². The van der Waals surface area contributed by atoms with E-state index in [1.165, 1.54) is 20.0 Å². The zero-order valence-corrected chi connectivity index (χ0v) is 15.8. The summed E-state index contributed by atoms with van der Waals surface area (Å²) in [6, 6.07) is 9.81. The highest BCUT2D eigenvalue weighted by Gasteiger charge is 2.57. The predicted octanol–water partition coefficient (Wildman–Crippen LogP) is 3.87. The summed E-state index contributed by atoms with van der Waals surface area (Å²) in [5.74, 6) is 0.278. The standard InChI is InChI=1S/C22H27NO4/c1-26-20(24)22(13-5-6-14-22)23-18(12-11-16-9-10-16)19(27-21(23)25)15-17-7-3-2-4-8-17/h2-4,7-8,11-12,16,18-19H,5-6,9-10,13-15H2,1H3/b12-11+/t18-,19+/m1/s1. The van der Waals surface area contributed by atoms with Crippen LogP contribution in [0.5, 0.6) is 0 Å². The van der Waals surface area contributed by atoms with Crippen molar-refractivity contribution in [2.45, 2.75) is 62.6 Å². The molecule has 2 aliphatic carbocycles.